The molecule has 0 spiro atoms. The highest BCUT2D eigenvalue weighted by Gasteiger charge is 2.36. The van der Waals surface area contributed by atoms with E-state index in [1.165, 1.54) is 0 Å². The molecule has 128 valence electrons. The molecular weight excluding hydrogens is 374 g/mol. The summed E-state index contributed by atoms with van der Waals surface area (Å²) >= 11 is 3.40. The minimum atomic E-state index is -0.526. The summed E-state index contributed by atoms with van der Waals surface area (Å²) in [5.74, 6) is 0.977. The number of carbonyl (C=O) groups is 1. The zero-order chi connectivity index (χ0) is 17.3. The Morgan fingerprint density at radius 1 is 1.33 bits per heavy atom. The van der Waals surface area contributed by atoms with Crippen molar-refractivity contribution in [2.75, 3.05) is 6.54 Å². The summed E-state index contributed by atoms with van der Waals surface area (Å²) in [6.45, 7) is 6.20. The fourth-order valence-corrected chi connectivity index (χ4v) is 2.91. The van der Waals surface area contributed by atoms with Crippen molar-refractivity contribution in [2.24, 2.45) is 0 Å². The number of nitrogens with zero attached hydrogens (tertiary/aromatic N) is 3. The van der Waals surface area contributed by atoms with Crippen molar-refractivity contribution in [3.63, 3.8) is 0 Å². The maximum atomic E-state index is 12.4. The first-order valence-corrected chi connectivity index (χ1v) is 8.72. The van der Waals surface area contributed by atoms with E-state index in [-0.39, 0.29) is 12.1 Å². The maximum absolute atomic E-state index is 12.4. The fourth-order valence-electron chi connectivity index (χ4n) is 2.65. The highest BCUT2D eigenvalue weighted by molar-refractivity contribution is 9.10. The average molecular weight is 394 g/mol. The molecule has 1 unspecified atom stereocenters. The summed E-state index contributed by atoms with van der Waals surface area (Å²) in [5, 5.41) is 4.05. The fraction of sp³-hybridized carbons (Fsp3) is 0.471. The van der Waals surface area contributed by atoms with E-state index in [1.54, 1.807) is 4.90 Å². The molecule has 1 aromatic carbocycles. The molecule has 0 N–H and O–H groups in total. The molecule has 0 aliphatic carbocycles. The van der Waals surface area contributed by atoms with Gasteiger partial charge in [0.2, 0.25) is 11.7 Å². The molecule has 1 saturated heterocycles. The second-order valence-electron chi connectivity index (χ2n) is 6.79. The zero-order valence-corrected chi connectivity index (χ0v) is 15.5. The maximum Gasteiger partial charge on any atom is 0.410 e. The summed E-state index contributed by atoms with van der Waals surface area (Å²) in [6, 6.07) is 7.46. The number of halogens is 1. The minimum absolute atomic E-state index is 0.225. The predicted octanol–water partition coefficient (Wildman–Crippen LogP) is 4.57. The third-order valence-corrected chi connectivity index (χ3v) is 4.24. The van der Waals surface area contributed by atoms with Crippen molar-refractivity contribution in [1.29, 1.82) is 0 Å². The number of hydrogen-bond acceptors (Lipinski definition) is 5. The van der Waals surface area contributed by atoms with E-state index in [0.717, 1.165) is 22.9 Å². The number of rotatable bonds is 2. The molecule has 1 atom stereocenters. The van der Waals surface area contributed by atoms with Gasteiger partial charge in [0.1, 0.15) is 11.6 Å². The van der Waals surface area contributed by atoms with Crippen molar-refractivity contribution >= 4 is 22.0 Å². The van der Waals surface area contributed by atoms with E-state index < -0.39 is 5.60 Å². The van der Waals surface area contributed by atoms with Crippen LogP contribution in [0.5, 0.6) is 0 Å². The van der Waals surface area contributed by atoms with E-state index in [1.807, 2.05) is 45.0 Å². The summed E-state index contributed by atoms with van der Waals surface area (Å²) < 4.78 is 11.9. The lowest BCUT2D eigenvalue weighted by Gasteiger charge is -2.26. The number of likely N-dealkylation sites (tertiary alicyclic amines) is 1. The highest BCUT2D eigenvalue weighted by atomic mass is 79.9. The van der Waals surface area contributed by atoms with E-state index in [9.17, 15) is 4.79 Å². The van der Waals surface area contributed by atoms with E-state index in [0.29, 0.717) is 18.3 Å². The standard InChI is InChI=1S/C17H20BrN3O3/c1-17(2,3)23-16(22)21-10-4-5-13(21)15-19-14(20-24-15)11-6-8-12(18)9-7-11/h6-9,13H,4-5,10H2,1-3H3. The lowest BCUT2D eigenvalue weighted by molar-refractivity contribution is 0.0199. The molecule has 1 amide bonds. The van der Waals surface area contributed by atoms with Gasteiger partial charge in [0.05, 0.1) is 0 Å². The number of amides is 1. The quantitative estimate of drug-likeness (QED) is 0.746. The molecule has 7 heteroatoms. The summed E-state index contributed by atoms with van der Waals surface area (Å²) in [5.41, 5.74) is 0.344. The third kappa shape index (κ3) is 3.77. The van der Waals surface area contributed by atoms with Gasteiger partial charge in [-0.1, -0.05) is 21.1 Å². The Labute approximate surface area is 149 Å². The number of carbonyl (C=O) groups excluding carboxylic acids is 1. The average Bonchev–Trinajstić information content (AvgIpc) is 3.15. The first-order valence-electron chi connectivity index (χ1n) is 7.93. The van der Waals surface area contributed by atoms with Gasteiger partial charge >= 0.3 is 6.09 Å². The predicted molar refractivity (Wildman–Crippen MR) is 92.3 cm³/mol. The van der Waals surface area contributed by atoms with Crippen LogP contribution in [0.2, 0.25) is 0 Å². The van der Waals surface area contributed by atoms with Crippen LogP contribution in [0.4, 0.5) is 4.79 Å². The lowest BCUT2D eigenvalue weighted by Crippen LogP contribution is -2.36. The Balaban J connectivity index is 1.78. The largest absolute Gasteiger partial charge is 0.444 e. The van der Waals surface area contributed by atoms with Gasteiger partial charge in [-0.3, -0.25) is 4.90 Å². The number of hydrogen-bond donors (Lipinski definition) is 0. The van der Waals surface area contributed by atoms with E-state index in [2.05, 4.69) is 26.1 Å². The summed E-state index contributed by atoms with van der Waals surface area (Å²) in [7, 11) is 0. The number of benzene rings is 1. The van der Waals surface area contributed by atoms with Crippen LogP contribution in [-0.2, 0) is 4.74 Å². The van der Waals surface area contributed by atoms with Gasteiger partial charge in [-0.05, 0) is 57.9 Å². The van der Waals surface area contributed by atoms with Crippen LogP contribution < -0.4 is 0 Å². The SMILES string of the molecule is CC(C)(C)OC(=O)N1CCCC1c1nc(-c2ccc(Br)cc2)no1. The van der Waals surface area contributed by atoms with E-state index in [4.69, 9.17) is 9.26 Å². The molecule has 0 bridgehead atoms. The van der Waals surface area contributed by atoms with Gasteiger partial charge in [0.25, 0.3) is 0 Å². The van der Waals surface area contributed by atoms with Gasteiger partial charge in [-0.2, -0.15) is 4.98 Å². The smallest absolute Gasteiger partial charge is 0.410 e. The molecule has 0 saturated carbocycles. The molecule has 1 aliphatic heterocycles. The Bertz CT molecular complexity index is 721. The minimum Gasteiger partial charge on any atom is -0.444 e. The molecule has 24 heavy (non-hydrogen) atoms. The molecule has 1 fully saturated rings. The molecule has 6 nitrogen and oxygen atoms in total. The Morgan fingerprint density at radius 2 is 2.04 bits per heavy atom. The van der Waals surface area contributed by atoms with Crippen LogP contribution in [0.25, 0.3) is 11.4 Å². The first-order chi connectivity index (χ1) is 11.3. The lowest BCUT2D eigenvalue weighted by atomic mass is 10.2. The monoisotopic (exact) mass is 393 g/mol. The highest BCUT2D eigenvalue weighted by Crippen LogP contribution is 2.33. The summed E-state index contributed by atoms with van der Waals surface area (Å²) in [6.07, 6.45) is 1.34. The third-order valence-electron chi connectivity index (χ3n) is 3.71. The first kappa shape index (κ1) is 17.0. The molecule has 2 heterocycles. The van der Waals surface area contributed by atoms with Crippen molar-refractivity contribution in [1.82, 2.24) is 15.0 Å². The van der Waals surface area contributed by atoms with Gasteiger partial charge in [-0.25, -0.2) is 4.79 Å². The second-order valence-corrected chi connectivity index (χ2v) is 7.71. The van der Waals surface area contributed by atoms with Crippen molar-refractivity contribution in [3.05, 3.63) is 34.6 Å². The van der Waals surface area contributed by atoms with Crippen molar-refractivity contribution in [3.8, 4) is 11.4 Å². The van der Waals surface area contributed by atoms with Crippen molar-refractivity contribution in [2.45, 2.75) is 45.3 Å². The second kappa shape index (κ2) is 6.55. The van der Waals surface area contributed by atoms with Crippen LogP contribution in [0.1, 0.15) is 45.5 Å². The molecule has 1 aliphatic rings. The topological polar surface area (TPSA) is 68.5 Å². The zero-order valence-electron chi connectivity index (χ0n) is 14.0. The Hall–Kier alpha value is -1.89. The normalized spacial score (nSPS) is 18.0. The Morgan fingerprint density at radius 3 is 2.71 bits per heavy atom. The van der Waals surface area contributed by atoms with E-state index >= 15 is 0 Å². The molecular formula is C17H20BrN3O3. The molecule has 2 aromatic rings. The number of aromatic nitrogens is 2. The van der Waals surface area contributed by atoms with Crippen LogP contribution in [0.3, 0.4) is 0 Å². The molecule has 1 aromatic heterocycles. The van der Waals surface area contributed by atoms with Gasteiger partial charge in [0, 0.05) is 16.6 Å². The van der Waals surface area contributed by atoms with Crippen LogP contribution >= 0.6 is 15.9 Å². The van der Waals surface area contributed by atoms with Gasteiger partial charge in [-0.15, -0.1) is 0 Å². The van der Waals surface area contributed by atoms with Crippen LogP contribution in [-0.4, -0.2) is 33.3 Å². The Kier molecular flexibility index (Phi) is 4.62. The number of ether oxygens (including phenoxy) is 1. The van der Waals surface area contributed by atoms with Crippen LogP contribution in [0.15, 0.2) is 33.3 Å². The van der Waals surface area contributed by atoms with Crippen LogP contribution in [0, 0.1) is 0 Å². The van der Waals surface area contributed by atoms with Crippen molar-refractivity contribution < 1.29 is 14.1 Å². The van der Waals surface area contributed by atoms with Gasteiger partial charge < -0.3 is 9.26 Å². The molecule has 3 rings (SSSR count). The van der Waals surface area contributed by atoms with Gasteiger partial charge in [0.15, 0.2) is 0 Å². The molecule has 0 radical (unpaired) electrons. The summed E-state index contributed by atoms with van der Waals surface area (Å²) in [4.78, 5) is 18.5.